The standard InChI is InChI=1S/C13H11N5O/c14-13-11(9-3-1-2-5-16-9)12(17-18-13)8-7-15-6-4-10(8)19/h1-7H,(H,15,19)(H3,14,17,18). The van der Waals surface area contributed by atoms with Crippen LogP contribution in [0.2, 0.25) is 0 Å². The lowest BCUT2D eigenvalue weighted by atomic mass is 10.1. The van der Waals surface area contributed by atoms with Crippen LogP contribution < -0.4 is 11.2 Å². The summed E-state index contributed by atoms with van der Waals surface area (Å²) in [5, 5.41) is 6.77. The lowest BCUT2D eigenvalue weighted by Crippen LogP contribution is -2.04. The molecule has 0 aliphatic heterocycles. The van der Waals surface area contributed by atoms with Crippen molar-refractivity contribution >= 4 is 5.82 Å². The Kier molecular flexibility index (Phi) is 2.60. The third kappa shape index (κ3) is 1.89. The van der Waals surface area contributed by atoms with Gasteiger partial charge in [0.05, 0.1) is 22.5 Å². The third-order valence-corrected chi connectivity index (χ3v) is 2.81. The maximum Gasteiger partial charge on any atom is 0.190 e. The van der Waals surface area contributed by atoms with E-state index in [1.54, 1.807) is 18.6 Å². The van der Waals surface area contributed by atoms with Gasteiger partial charge >= 0.3 is 0 Å². The molecule has 0 radical (unpaired) electrons. The molecule has 0 atom stereocenters. The van der Waals surface area contributed by atoms with Crippen LogP contribution in [0.4, 0.5) is 5.82 Å². The number of H-pyrrole nitrogens is 2. The van der Waals surface area contributed by atoms with Gasteiger partial charge in [-0.25, -0.2) is 0 Å². The van der Waals surface area contributed by atoms with Crippen LogP contribution in [0.5, 0.6) is 0 Å². The molecule has 0 bridgehead atoms. The number of hydrogen-bond acceptors (Lipinski definition) is 4. The topological polar surface area (TPSA) is 100 Å². The summed E-state index contributed by atoms with van der Waals surface area (Å²) >= 11 is 0. The molecule has 6 nitrogen and oxygen atoms in total. The van der Waals surface area contributed by atoms with Crippen LogP contribution in [0.3, 0.4) is 0 Å². The smallest absolute Gasteiger partial charge is 0.190 e. The molecule has 0 spiro atoms. The van der Waals surface area contributed by atoms with Crippen LogP contribution in [0.25, 0.3) is 22.5 Å². The summed E-state index contributed by atoms with van der Waals surface area (Å²) in [4.78, 5) is 19.0. The Balaban J connectivity index is 2.26. The monoisotopic (exact) mass is 253 g/mol. The van der Waals surface area contributed by atoms with Gasteiger partial charge in [-0.15, -0.1) is 0 Å². The molecule has 6 heteroatoms. The SMILES string of the molecule is Nc1n[nH]c(-c2c[nH]ccc2=O)c1-c1ccccn1. The summed E-state index contributed by atoms with van der Waals surface area (Å²) in [6, 6.07) is 6.94. The third-order valence-electron chi connectivity index (χ3n) is 2.81. The maximum absolute atomic E-state index is 11.9. The molecule has 3 heterocycles. The number of aromatic nitrogens is 4. The summed E-state index contributed by atoms with van der Waals surface area (Å²) in [6.45, 7) is 0. The fourth-order valence-electron chi connectivity index (χ4n) is 1.93. The van der Waals surface area contributed by atoms with Crippen molar-refractivity contribution in [2.45, 2.75) is 0 Å². The van der Waals surface area contributed by atoms with Gasteiger partial charge in [-0.3, -0.25) is 14.9 Å². The van der Waals surface area contributed by atoms with Crippen molar-refractivity contribution in [1.82, 2.24) is 20.2 Å². The quantitative estimate of drug-likeness (QED) is 0.642. The zero-order chi connectivity index (χ0) is 13.2. The number of nitrogens with zero attached hydrogens (tertiary/aromatic N) is 2. The van der Waals surface area contributed by atoms with Crippen molar-refractivity contribution in [3.63, 3.8) is 0 Å². The van der Waals surface area contributed by atoms with Crippen LogP contribution in [0, 0.1) is 0 Å². The van der Waals surface area contributed by atoms with Crippen molar-refractivity contribution in [3.8, 4) is 22.5 Å². The van der Waals surface area contributed by atoms with Crippen molar-refractivity contribution < 1.29 is 0 Å². The molecule has 94 valence electrons. The summed E-state index contributed by atoms with van der Waals surface area (Å²) in [5.41, 5.74) is 8.11. The van der Waals surface area contributed by atoms with E-state index in [2.05, 4.69) is 20.2 Å². The van der Waals surface area contributed by atoms with Crippen molar-refractivity contribution in [2.24, 2.45) is 0 Å². The number of rotatable bonds is 2. The van der Waals surface area contributed by atoms with Crippen LogP contribution >= 0.6 is 0 Å². The van der Waals surface area contributed by atoms with Crippen LogP contribution in [-0.2, 0) is 0 Å². The van der Waals surface area contributed by atoms with Gasteiger partial charge in [0, 0.05) is 24.7 Å². The van der Waals surface area contributed by atoms with Gasteiger partial charge in [0.15, 0.2) is 11.2 Å². The molecule has 0 fully saturated rings. The number of nitrogen functional groups attached to an aromatic ring is 1. The van der Waals surface area contributed by atoms with E-state index in [1.165, 1.54) is 6.07 Å². The average molecular weight is 253 g/mol. The molecule has 4 N–H and O–H groups in total. The Labute approximate surface area is 108 Å². The largest absolute Gasteiger partial charge is 0.382 e. The summed E-state index contributed by atoms with van der Waals surface area (Å²) in [5.74, 6) is 0.317. The molecule has 0 aliphatic rings. The molecular weight excluding hydrogens is 242 g/mol. The van der Waals surface area contributed by atoms with E-state index >= 15 is 0 Å². The molecule has 0 amide bonds. The highest BCUT2D eigenvalue weighted by Gasteiger charge is 2.17. The van der Waals surface area contributed by atoms with Gasteiger partial charge in [0.2, 0.25) is 0 Å². The van der Waals surface area contributed by atoms with Crippen molar-refractivity contribution in [1.29, 1.82) is 0 Å². The average Bonchev–Trinajstić information content (AvgIpc) is 2.82. The molecule has 0 aromatic carbocycles. The Bertz CT molecular complexity index is 760. The number of nitrogens with two attached hydrogens (primary N) is 1. The molecule has 0 saturated heterocycles. The zero-order valence-electron chi connectivity index (χ0n) is 9.92. The minimum absolute atomic E-state index is 0.111. The van der Waals surface area contributed by atoms with Crippen LogP contribution in [0.15, 0.2) is 47.7 Å². The van der Waals surface area contributed by atoms with E-state index in [9.17, 15) is 4.79 Å². The Hall–Kier alpha value is -2.89. The van der Waals surface area contributed by atoms with E-state index in [1.807, 2.05) is 18.2 Å². The molecular formula is C13H11N5O. The molecule has 3 rings (SSSR count). The van der Waals surface area contributed by atoms with E-state index in [0.717, 1.165) is 0 Å². The number of pyridine rings is 2. The second-order valence-corrected chi connectivity index (χ2v) is 4.00. The fraction of sp³-hybridized carbons (Fsp3) is 0. The Morgan fingerprint density at radius 3 is 2.84 bits per heavy atom. The highest BCUT2D eigenvalue weighted by molar-refractivity contribution is 5.85. The van der Waals surface area contributed by atoms with Crippen molar-refractivity contribution in [3.05, 3.63) is 53.1 Å². The van der Waals surface area contributed by atoms with E-state index < -0.39 is 0 Å². The zero-order valence-corrected chi connectivity index (χ0v) is 9.92. The molecule has 3 aromatic heterocycles. The lowest BCUT2D eigenvalue weighted by Gasteiger charge is -2.02. The number of hydrogen-bond donors (Lipinski definition) is 3. The first-order valence-corrected chi connectivity index (χ1v) is 5.70. The van der Waals surface area contributed by atoms with E-state index in [-0.39, 0.29) is 5.43 Å². The van der Waals surface area contributed by atoms with Crippen LogP contribution in [-0.4, -0.2) is 20.2 Å². The second-order valence-electron chi connectivity index (χ2n) is 4.00. The summed E-state index contributed by atoms with van der Waals surface area (Å²) in [7, 11) is 0. The Morgan fingerprint density at radius 2 is 2.11 bits per heavy atom. The van der Waals surface area contributed by atoms with Gasteiger partial charge < -0.3 is 10.7 Å². The predicted octanol–water partition coefficient (Wildman–Crippen LogP) is 1.41. The molecule has 0 saturated carbocycles. The second kappa shape index (κ2) is 4.41. The first kappa shape index (κ1) is 11.2. The number of nitrogens with one attached hydrogen (secondary N) is 2. The van der Waals surface area contributed by atoms with E-state index in [0.29, 0.717) is 28.3 Å². The van der Waals surface area contributed by atoms with Gasteiger partial charge in [0.25, 0.3) is 0 Å². The van der Waals surface area contributed by atoms with E-state index in [4.69, 9.17) is 5.73 Å². The Morgan fingerprint density at radius 1 is 1.21 bits per heavy atom. The lowest BCUT2D eigenvalue weighted by molar-refractivity contribution is 1.10. The van der Waals surface area contributed by atoms with Crippen LogP contribution in [0.1, 0.15) is 0 Å². The van der Waals surface area contributed by atoms with Crippen molar-refractivity contribution in [2.75, 3.05) is 5.73 Å². The maximum atomic E-state index is 11.9. The van der Waals surface area contributed by atoms with Gasteiger partial charge in [-0.1, -0.05) is 6.07 Å². The highest BCUT2D eigenvalue weighted by Crippen LogP contribution is 2.31. The first-order valence-electron chi connectivity index (χ1n) is 5.70. The summed E-state index contributed by atoms with van der Waals surface area (Å²) in [6.07, 6.45) is 4.86. The molecule has 0 unspecified atom stereocenters. The number of anilines is 1. The first-order chi connectivity index (χ1) is 9.27. The van der Waals surface area contributed by atoms with Gasteiger partial charge in [-0.05, 0) is 12.1 Å². The van der Waals surface area contributed by atoms with Gasteiger partial charge in [-0.2, -0.15) is 5.10 Å². The minimum Gasteiger partial charge on any atom is -0.382 e. The van der Waals surface area contributed by atoms with Gasteiger partial charge in [0.1, 0.15) is 0 Å². The number of aromatic amines is 2. The fourth-order valence-corrected chi connectivity index (χ4v) is 1.93. The highest BCUT2D eigenvalue weighted by atomic mass is 16.1. The predicted molar refractivity (Wildman–Crippen MR) is 72.3 cm³/mol. The molecule has 3 aromatic rings. The molecule has 19 heavy (non-hydrogen) atoms. The molecule has 0 aliphatic carbocycles. The normalized spacial score (nSPS) is 10.5. The minimum atomic E-state index is -0.111. The summed E-state index contributed by atoms with van der Waals surface area (Å²) < 4.78 is 0.